The number of nitrogens with zero attached hydrogens (tertiary/aromatic N) is 3. The molecule has 1 saturated heterocycles. The molecule has 2 aliphatic rings. The van der Waals surface area contributed by atoms with E-state index in [1.807, 2.05) is 26.0 Å². The normalized spacial score (nSPS) is 20.1. The summed E-state index contributed by atoms with van der Waals surface area (Å²) in [5.41, 5.74) is 1.42. The molecule has 1 fully saturated rings. The Morgan fingerprint density at radius 3 is 2.79 bits per heavy atom. The molecule has 2 N–H and O–H groups in total. The van der Waals surface area contributed by atoms with Crippen LogP contribution >= 0.6 is 0 Å². The van der Waals surface area contributed by atoms with Gasteiger partial charge in [0.05, 0.1) is 18.1 Å². The Balaban J connectivity index is 1.50. The highest BCUT2D eigenvalue weighted by Gasteiger charge is 2.33. The molecule has 33 heavy (non-hydrogen) atoms. The van der Waals surface area contributed by atoms with Gasteiger partial charge in [-0.15, -0.1) is 0 Å². The number of aliphatic imine (C=N–C) groups is 1. The average Bonchev–Trinajstić information content (AvgIpc) is 3.11. The van der Waals surface area contributed by atoms with Crippen molar-refractivity contribution in [2.45, 2.75) is 37.8 Å². The zero-order valence-corrected chi connectivity index (χ0v) is 19.6. The molecule has 2 atom stereocenters. The maximum Gasteiger partial charge on any atom is 0.263 e. The van der Waals surface area contributed by atoms with Crippen LogP contribution in [0.4, 0.5) is 5.82 Å². The van der Waals surface area contributed by atoms with Gasteiger partial charge < -0.3 is 15.0 Å². The first-order valence-electron chi connectivity index (χ1n) is 11.1. The highest BCUT2D eigenvalue weighted by molar-refractivity contribution is 7.90. The Hall–Kier alpha value is -2.98. The first kappa shape index (κ1) is 23.2. The van der Waals surface area contributed by atoms with Crippen LogP contribution in [0.2, 0.25) is 0 Å². The van der Waals surface area contributed by atoms with E-state index in [1.54, 1.807) is 24.4 Å². The minimum atomic E-state index is -3.66. The van der Waals surface area contributed by atoms with E-state index in [2.05, 4.69) is 24.9 Å². The summed E-state index contributed by atoms with van der Waals surface area (Å²) in [4.78, 5) is 24.5. The standard InChI is InChI=1S/C23H29N5O4S/c1-3-16(2)21(26-22-18-6-4-5-7-19(18)33(30,31)27-22)23(29)25-15-17-8-9-24-20(14-17)28-10-12-32-13-11-28/h4-9,14,16,21H,3,10-13,15H2,1-2H3,(H,25,29)(H,26,27)/t16-,21-/m0/s1. The van der Waals surface area contributed by atoms with Gasteiger partial charge in [0.15, 0.2) is 0 Å². The van der Waals surface area contributed by atoms with E-state index < -0.39 is 16.1 Å². The number of hydrogen-bond acceptors (Lipinski definition) is 7. The molecule has 10 heteroatoms. The average molecular weight is 472 g/mol. The lowest BCUT2D eigenvalue weighted by Gasteiger charge is -2.28. The van der Waals surface area contributed by atoms with Gasteiger partial charge in [0.1, 0.15) is 17.7 Å². The van der Waals surface area contributed by atoms with Gasteiger partial charge in [0.25, 0.3) is 10.0 Å². The van der Waals surface area contributed by atoms with Crippen LogP contribution in [0.15, 0.2) is 52.5 Å². The molecule has 4 rings (SSSR count). The van der Waals surface area contributed by atoms with Crippen molar-refractivity contribution in [1.29, 1.82) is 0 Å². The fourth-order valence-corrected chi connectivity index (χ4v) is 5.11. The molecule has 0 spiro atoms. The van der Waals surface area contributed by atoms with Gasteiger partial charge in [0, 0.05) is 31.4 Å². The van der Waals surface area contributed by atoms with Crippen LogP contribution in [-0.4, -0.2) is 57.5 Å². The molecule has 2 aromatic rings. The number of hydrogen-bond donors (Lipinski definition) is 2. The van der Waals surface area contributed by atoms with Crippen molar-refractivity contribution in [1.82, 2.24) is 15.0 Å². The summed E-state index contributed by atoms with van der Waals surface area (Å²) in [7, 11) is -3.66. The van der Waals surface area contributed by atoms with E-state index in [0.717, 1.165) is 30.9 Å². The molecule has 176 valence electrons. The van der Waals surface area contributed by atoms with E-state index in [4.69, 9.17) is 4.74 Å². The van der Waals surface area contributed by atoms with Gasteiger partial charge in [0.2, 0.25) is 5.91 Å². The Morgan fingerprint density at radius 2 is 2.03 bits per heavy atom. The van der Waals surface area contributed by atoms with E-state index in [0.29, 0.717) is 25.3 Å². The number of benzene rings is 1. The molecule has 2 aliphatic heterocycles. The van der Waals surface area contributed by atoms with Gasteiger partial charge in [-0.25, -0.2) is 13.4 Å². The largest absolute Gasteiger partial charge is 0.378 e. The lowest BCUT2D eigenvalue weighted by Crippen LogP contribution is -2.39. The van der Waals surface area contributed by atoms with Crippen molar-refractivity contribution in [2.24, 2.45) is 10.9 Å². The highest BCUT2D eigenvalue weighted by atomic mass is 32.2. The molecule has 9 nitrogen and oxygen atoms in total. The van der Waals surface area contributed by atoms with E-state index >= 15 is 0 Å². The minimum absolute atomic E-state index is 0.0730. The maximum absolute atomic E-state index is 13.1. The number of carbonyl (C=O) groups is 1. The second-order valence-corrected chi connectivity index (χ2v) is 9.90. The summed E-state index contributed by atoms with van der Waals surface area (Å²) in [6.45, 7) is 7.17. The second-order valence-electron chi connectivity index (χ2n) is 8.25. The van der Waals surface area contributed by atoms with Crippen LogP contribution in [0.1, 0.15) is 31.4 Å². The maximum atomic E-state index is 13.1. The molecule has 1 aromatic carbocycles. The third-order valence-corrected chi connectivity index (χ3v) is 7.39. The summed E-state index contributed by atoms with van der Waals surface area (Å²) < 4.78 is 32.7. The molecule has 1 aromatic heterocycles. The van der Waals surface area contributed by atoms with Crippen molar-refractivity contribution in [3.63, 3.8) is 0 Å². The number of amidine groups is 1. The van der Waals surface area contributed by atoms with E-state index in [-0.39, 0.29) is 22.6 Å². The Bertz CT molecular complexity index is 1150. The third kappa shape index (κ3) is 5.17. The van der Waals surface area contributed by atoms with Gasteiger partial charge >= 0.3 is 0 Å². The molecule has 1 amide bonds. The molecular weight excluding hydrogens is 442 g/mol. The fourth-order valence-electron chi connectivity index (χ4n) is 3.87. The van der Waals surface area contributed by atoms with Crippen molar-refractivity contribution < 1.29 is 17.9 Å². The number of nitrogens with one attached hydrogen (secondary N) is 2. The van der Waals surface area contributed by atoms with Crippen LogP contribution in [0.25, 0.3) is 0 Å². The number of amides is 1. The number of ether oxygens (including phenoxy) is 1. The van der Waals surface area contributed by atoms with Crippen LogP contribution in [-0.2, 0) is 26.1 Å². The van der Waals surface area contributed by atoms with Gasteiger partial charge in [-0.05, 0) is 35.7 Å². The molecule has 0 unspecified atom stereocenters. The van der Waals surface area contributed by atoms with Crippen molar-refractivity contribution in [3.05, 3.63) is 53.7 Å². The summed E-state index contributed by atoms with van der Waals surface area (Å²) in [6.07, 6.45) is 2.46. The Morgan fingerprint density at radius 1 is 1.27 bits per heavy atom. The summed E-state index contributed by atoms with van der Waals surface area (Å²) in [5.74, 6) is 0.756. The minimum Gasteiger partial charge on any atom is -0.378 e. The number of fused-ring (bicyclic) bond motifs is 1. The van der Waals surface area contributed by atoms with Crippen LogP contribution in [0.3, 0.4) is 0 Å². The van der Waals surface area contributed by atoms with E-state index in [9.17, 15) is 13.2 Å². The zero-order chi connectivity index (χ0) is 23.4. The molecule has 3 heterocycles. The Kier molecular flexibility index (Phi) is 6.94. The summed E-state index contributed by atoms with van der Waals surface area (Å²) in [6, 6.07) is 9.77. The van der Waals surface area contributed by atoms with Crippen molar-refractivity contribution >= 4 is 27.6 Å². The van der Waals surface area contributed by atoms with Gasteiger partial charge in [-0.2, -0.15) is 0 Å². The summed E-state index contributed by atoms with van der Waals surface area (Å²) >= 11 is 0. The number of carbonyl (C=O) groups excluding carboxylic acids is 1. The first-order chi connectivity index (χ1) is 15.9. The fraction of sp³-hybridized carbons (Fsp3) is 0.435. The number of pyridine rings is 1. The lowest BCUT2D eigenvalue weighted by atomic mass is 9.98. The monoisotopic (exact) mass is 471 g/mol. The predicted molar refractivity (Wildman–Crippen MR) is 126 cm³/mol. The number of sulfonamides is 1. The molecule has 0 aliphatic carbocycles. The van der Waals surface area contributed by atoms with Gasteiger partial charge in [-0.3, -0.25) is 14.5 Å². The smallest absolute Gasteiger partial charge is 0.263 e. The second kappa shape index (κ2) is 9.88. The van der Waals surface area contributed by atoms with Crippen molar-refractivity contribution in [3.8, 4) is 0 Å². The molecule has 0 saturated carbocycles. The number of anilines is 1. The number of rotatable bonds is 7. The van der Waals surface area contributed by atoms with Crippen molar-refractivity contribution in [2.75, 3.05) is 31.2 Å². The van der Waals surface area contributed by atoms with Gasteiger partial charge in [-0.1, -0.05) is 32.4 Å². The predicted octanol–water partition coefficient (Wildman–Crippen LogP) is 1.69. The third-order valence-electron chi connectivity index (χ3n) is 5.99. The summed E-state index contributed by atoms with van der Waals surface area (Å²) in [5, 5.41) is 2.97. The number of morpholine rings is 1. The van der Waals surface area contributed by atoms with Crippen LogP contribution in [0, 0.1) is 5.92 Å². The highest BCUT2D eigenvalue weighted by Crippen LogP contribution is 2.24. The topological polar surface area (TPSA) is 113 Å². The number of aromatic nitrogens is 1. The Labute approximate surface area is 194 Å². The molecule has 0 bridgehead atoms. The quantitative estimate of drug-likeness (QED) is 0.635. The molecular formula is C23H29N5O4S. The molecule has 0 radical (unpaired) electrons. The zero-order valence-electron chi connectivity index (χ0n) is 18.8. The first-order valence-corrected chi connectivity index (χ1v) is 12.6. The van der Waals surface area contributed by atoms with Crippen LogP contribution < -0.4 is 14.9 Å². The lowest BCUT2D eigenvalue weighted by molar-refractivity contribution is -0.123. The van der Waals surface area contributed by atoms with Crippen LogP contribution in [0.5, 0.6) is 0 Å². The van der Waals surface area contributed by atoms with E-state index in [1.165, 1.54) is 6.07 Å². The SMILES string of the molecule is CC[C@H](C)[C@H](N=C1NS(=O)(=O)c2ccccc21)C(=O)NCc1ccnc(N2CCOCC2)c1.